The largest absolute Gasteiger partial charge is 0.317 e. The molecule has 1 saturated heterocycles. The highest BCUT2D eigenvalue weighted by Crippen LogP contribution is 2.19. The smallest absolute Gasteiger partial charge is 0.228 e. The molecule has 0 spiro atoms. The van der Waals surface area contributed by atoms with Gasteiger partial charge in [0.15, 0.2) is 0 Å². The molecule has 5 heteroatoms. The Bertz CT molecular complexity index is 416. The summed E-state index contributed by atoms with van der Waals surface area (Å²) in [5, 5.41) is 6.13. The van der Waals surface area contributed by atoms with Gasteiger partial charge in [-0.3, -0.25) is 4.79 Å². The summed E-state index contributed by atoms with van der Waals surface area (Å²) in [6.45, 7) is 3.82. The quantitative estimate of drug-likeness (QED) is 0.879. The van der Waals surface area contributed by atoms with Crippen LogP contribution in [0, 0.1) is 12.8 Å². The lowest BCUT2D eigenvalue weighted by Crippen LogP contribution is -2.34. The molecule has 0 saturated carbocycles. The summed E-state index contributed by atoms with van der Waals surface area (Å²) in [5.74, 6) is 0.831. The van der Waals surface area contributed by atoms with E-state index in [1.165, 1.54) is 0 Å². The van der Waals surface area contributed by atoms with Crippen molar-refractivity contribution in [3.05, 3.63) is 22.3 Å². The predicted octanol–water partition coefficient (Wildman–Crippen LogP) is 2.09. The molecule has 4 nitrogen and oxygen atoms in total. The lowest BCUT2D eigenvalue weighted by Gasteiger charge is -2.21. The number of rotatable bonds is 2. The number of aromatic nitrogens is 1. The molecule has 2 rings (SSSR count). The van der Waals surface area contributed by atoms with E-state index in [0.717, 1.165) is 36.0 Å². The van der Waals surface area contributed by atoms with Gasteiger partial charge < -0.3 is 10.6 Å². The van der Waals surface area contributed by atoms with Crippen molar-refractivity contribution in [1.82, 2.24) is 10.3 Å². The number of nitrogens with one attached hydrogen (secondary N) is 2. The van der Waals surface area contributed by atoms with Crippen LogP contribution in [0.25, 0.3) is 0 Å². The average Bonchev–Trinajstić information content (AvgIpc) is 2.35. The minimum Gasteiger partial charge on any atom is -0.317 e. The van der Waals surface area contributed by atoms with Crippen molar-refractivity contribution in [3.63, 3.8) is 0 Å². The van der Waals surface area contributed by atoms with Crippen molar-refractivity contribution in [2.45, 2.75) is 19.8 Å². The predicted molar refractivity (Wildman–Crippen MR) is 70.9 cm³/mol. The Morgan fingerprint density at radius 1 is 1.53 bits per heavy atom. The second-order valence-electron chi connectivity index (χ2n) is 4.33. The van der Waals surface area contributed by atoms with E-state index in [2.05, 4.69) is 31.5 Å². The van der Waals surface area contributed by atoms with Crippen LogP contribution in [0.3, 0.4) is 0 Å². The molecule has 1 fully saturated rings. The molecule has 1 aliphatic heterocycles. The van der Waals surface area contributed by atoms with Crippen LogP contribution in [0.2, 0.25) is 0 Å². The SMILES string of the molecule is Cc1cc(NC(=O)C2CCNCC2)ncc1Br. The van der Waals surface area contributed by atoms with Crippen LogP contribution in [0.1, 0.15) is 18.4 Å². The number of halogens is 1. The zero-order chi connectivity index (χ0) is 12.3. The van der Waals surface area contributed by atoms with E-state index in [9.17, 15) is 4.79 Å². The molecular formula is C12H16BrN3O. The summed E-state index contributed by atoms with van der Waals surface area (Å²) in [6.07, 6.45) is 3.52. The summed E-state index contributed by atoms with van der Waals surface area (Å²) in [5.41, 5.74) is 1.07. The van der Waals surface area contributed by atoms with Crippen LogP contribution in [0.5, 0.6) is 0 Å². The fourth-order valence-corrected chi connectivity index (χ4v) is 2.14. The van der Waals surface area contributed by atoms with Gasteiger partial charge in [0, 0.05) is 16.6 Å². The summed E-state index contributed by atoms with van der Waals surface area (Å²) in [7, 11) is 0. The van der Waals surface area contributed by atoms with Crippen LogP contribution in [0.15, 0.2) is 16.7 Å². The van der Waals surface area contributed by atoms with Gasteiger partial charge in [0.2, 0.25) is 5.91 Å². The molecule has 0 unspecified atom stereocenters. The van der Waals surface area contributed by atoms with Gasteiger partial charge >= 0.3 is 0 Å². The van der Waals surface area contributed by atoms with Crippen LogP contribution < -0.4 is 10.6 Å². The Morgan fingerprint density at radius 3 is 2.88 bits per heavy atom. The average molecular weight is 298 g/mol. The van der Waals surface area contributed by atoms with Gasteiger partial charge in [0.05, 0.1) is 0 Å². The van der Waals surface area contributed by atoms with Gasteiger partial charge in [-0.05, 0) is 60.4 Å². The van der Waals surface area contributed by atoms with Crippen molar-refractivity contribution >= 4 is 27.7 Å². The summed E-state index contributed by atoms with van der Waals surface area (Å²) in [6, 6.07) is 1.88. The number of aryl methyl sites for hydroxylation is 1. The van der Waals surface area contributed by atoms with Crippen molar-refractivity contribution in [2.24, 2.45) is 5.92 Å². The van der Waals surface area contributed by atoms with Crippen LogP contribution >= 0.6 is 15.9 Å². The highest BCUT2D eigenvalue weighted by molar-refractivity contribution is 9.10. The second-order valence-corrected chi connectivity index (χ2v) is 5.19. The molecule has 1 aliphatic rings. The number of carbonyl (C=O) groups excluding carboxylic acids is 1. The van der Waals surface area contributed by atoms with E-state index >= 15 is 0 Å². The highest BCUT2D eigenvalue weighted by atomic mass is 79.9. The molecule has 0 aromatic carbocycles. The standard InChI is InChI=1S/C12H16BrN3O/c1-8-6-11(15-7-10(8)13)16-12(17)9-2-4-14-5-3-9/h6-7,9,14H,2-5H2,1H3,(H,15,16,17). The number of anilines is 1. The molecule has 0 radical (unpaired) electrons. The van der Waals surface area contributed by atoms with Gasteiger partial charge in [-0.2, -0.15) is 0 Å². The molecular weight excluding hydrogens is 282 g/mol. The number of pyridine rings is 1. The van der Waals surface area contributed by atoms with Crippen molar-refractivity contribution in [2.75, 3.05) is 18.4 Å². The van der Waals surface area contributed by atoms with E-state index in [1.54, 1.807) is 6.20 Å². The fraction of sp³-hybridized carbons (Fsp3) is 0.500. The van der Waals surface area contributed by atoms with E-state index in [1.807, 2.05) is 13.0 Å². The molecule has 0 atom stereocenters. The minimum atomic E-state index is 0.0840. The maximum absolute atomic E-state index is 12.0. The van der Waals surface area contributed by atoms with Crippen molar-refractivity contribution < 1.29 is 4.79 Å². The number of hydrogen-bond acceptors (Lipinski definition) is 3. The highest BCUT2D eigenvalue weighted by Gasteiger charge is 2.21. The van der Waals surface area contributed by atoms with Gasteiger partial charge in [-0.1, -0.05) is 0 Å². The molecule has 2 N–H and O–H groups in total. The maximum atomic E-state index is 12.0. The van der Waals surface area contributed by atoms with Crippen LogP contribution in [-0.4, -0.2) is 24.0 Å². The van der Waals surface area contributed by atoms with Gasteiger partial charge in [0.1, 0.15) is 5.82 Å². The summed E-state index contributed by atoms with van der Waals surface area (Å²) < 4.78 is 0.956. The third-order valence-corrected chi connectivity index (χ3v) is 3.84. The Hall–Kier alpha value is -0.940. The van der Waals surface area contributed by atoms with E-state index in [4.69, 9.17) is 0 Å². The van der Waals surface area contributed by atoms with E-state index < -0.39 is 0 Å². The lowest BCUT2D eigenvalue weighted by molar-refractivity contribution is -0.120. The molecule has 1 amide bonds. The first-order chi connectivity index (χ1) is 8.16. The zero-order valence-electron chi connectivity index (χ0n) is 9.79. The number of amides is 1. The molecule has 92 valence electrons. The maximum Gasteiger partial charge on any atom is 0.228 e. The van der Waals surface area contributed by atoms with Crippen molar-refractivity contribution in [1.29, 1.82) is 0 Å². The normalized spacial score (nSPS) is 16.8. The first kappa shape index (κ1) is 12.5. The number of nitrogens with zero attached hydrogens (tertiary/aromatic N) is 1. The fourth-order valence-electron chi connectivity index (χ4n) is 1.92. The number of piperidine rings is 1. The zero-order valence-corrected chi connectivity index (χ0v) is 11.4. The van der Waals surface area contributed by atoms with Crippen LogP contribution in [0.4, 0.5) is 5.82 Å². The van der Waals surface area contributed by atoms with Gasteiger partial charge in [-0.15, -0.1) is 0 Å². The van der Waals surface area contributed by atoms with E-state index in [0.29, 0.717) is 5.82 Å². The van der Waals surface area contributed by atoms with Crippen LogP contribution in [-0.2, 0) is 4.79 Å². The third-order valence-electron chi connectivity index (χ3n) is 3.01. The first-order valence-corrected chi connectivity index (χ1v) is 6.60. The number of carbonyl (C=O) groups is 1. The van der Waals surface area contributed by atoms with Crippen molar-refractivity contribution in [3.8, 4) is 0 Å². The Kier molecular flexibility index (Phi) is 4.12. The Morgan fingerprint density at radius 2 is 2.24 bits per heavy atom. The topological polar surface area (TPSA) is 54.0 Å². The first-order valence-electron chi connectivity index (χ1n) is 5.80. The monoisotopic (exact) mass is 297 g/mol. The second kappa shape index (κ2) is 5.60. The molecule has 17 heavy (non-hydrogen) atoms. The minimum absolute atomic E-state index is 0.0840. The lowest BCUT2D eigenvalue weighted by atomic mass is 9.97. The number of hydrogen-bond donors (Lipinski definition) is 2. The Balaban J connectivity index is 1.99. The third kappa shape index (κ3) is 3.26. The Labute approximate surface area is 109 Å². The van der Waals surface area contributed by atoms with Gasteiger partial charge in [-0.25, -0.2) is 4.98 Å². The van der Waals surface area contributed by atoms with E-state index in [-0.39, 0.29) is 11.8 Å². The molecule has 0 bridgehead atoms. The molecule has 1 aromatic rings. The molecule has 0 aliphatic carbocycles. The summed E-state index contributed by atoms with van der Waals surface area (Å²) >= 11 is 3.39. The summed E-state index contributed by atoms with van der Waals surface area (Å²) in [4.78, 5) is 16.2. The van der Waals surface area contributed by atoms with Gasteiger partial charge in [0.25, 0.3) is 0 Å². The molecule has 1 aromatic heterocycles. The molecule has 2 heterocycles.